The Bertz CT molecular complexity index is 199. The molecule has 0 atom stereocenters. The lowest BCUT2D eigenvalue weighted by Crippen LogP contribution is -1.65. The number of halogens is 1. The second-order valence-corrected chi connectivity index (χ2v) is 2.53. The van der Waals surface area contributed by atoms with Crippen molar-refractivity contribution >= 4 is 17.4 Å². The van der Waals surface area contributed by atoms with Gasteiger partial charge in [0, 0.05) is 17.7 Å². The molecule has 0 aliphatic rings. The molecule has 1 aromatic heterocycles. The van der Waals surface area contributed by atoms with E-state index in [1.807, 2.05) is 5.38 Å². The van der Waals surface area contributed by atoms with Crippen molar-refractivity contribution in [2.24, 2.45) is 0 Å². The van der Waals surface area contributed by atoms with Crippen molar-refractivity contribution < 1.29 is 4.39 Å². The maximum absolute atomic E-state index is 12.1. The van der Waals surface area contributed by atoms with Gasteiger partial charge in [-0.05, 0) is 6.92 Å². The molecule has 48 valence electrons. The molecule has 0 saturated heterocycles. The Morgan fingerprint density at radius 3 is 3.11 bits per heavy atom. The van der Waals surface area contributed by atoms with E-state index in [0.29, 0.717) is 0 Å². The fourth-order valence-corrected chi connectivity index (χ4v) is 1.09. The van der Waals surface area contributed by atoms with Gasteiger partial charge < -0.3 is 0 Å². The zero-order chi connectivity index (χ0) is 6.69. The van der Waals surface area contributed by atoms with Gasteiger partial charge in [0.25, 0.3) is 0 Å². The average molecular weight is 143 g/mol. The van der Waals surface area contributed by atoms with Gasteiger partial charge in [-0.3, -0.25) is 0 Å². The minimum atomic E-state index is -0.204. The summed E-state index contributed by atoms with van der Waals surface area (Å²) in [4.78, 5) is 3.86. The average Bonchev–Trinajstić information content (AvgIpc) is 2.15. The van der Waals surface area contributed by atoms with Gasteiger partial charge in [-0.15, -0.1) is 11.3 Å². The molecule has 1 rings (SSSR count). The number of rotatable bonds is 1. The van der Waals surface area contributed by atoms with E-state index in [0.717, 1.165) is 5.01 Å². The Morgan fingerprint density at radius 2 is 2.67 bits per heavy atom. The highest BCUT2D eigenvalue weighted by molar-refractivity contribution is 7.10. The SMILES string of the molecule is C/C(F)=C/c1nccs1. The molecule has 0 aromatic carbocycles. The van der Waals surface area contributed by atoms with Crippen molar-refractivity contribution in [3.63, 3.8) is 0 Å². The lowest BCUT2D eigenvalue weighted by Gasteiger charge is -1.79. The number of hydrogen-bond acceptors (Lipinski definition) is 2. The summed E-state index contributed by atoms with van der Waals surface area (Å²) >= 11 is 1.42. The Kier molecular flexibility index (Phi) is 1.95. The van der Waals surface area contributed by atoms with Crippen molar-refractivity contribution in [1.82, 2.24) is 4.98 Å². The van der Waals surface area contributed by atoms with Crippen LogP contribution in [0, 0.1) is 0 Å². The fraction of sp³-hybridized carbons (Fsp3) is 0.167. The zero-order valence-electron chi connectivity index (χ0n) is 4.97. The minimum absolute atomic E-state index is 0.204. The number of thiazole rings is 1. The first-order chi connectivity index (χ1) is 4.29. The van der Waals surface area contributed by atoms with Crippen LogP contribution in [0.25, 0.3) is 6.08 Å². The zero-order valence-corrected chi connectivity index (χ0v) is 5.78. The first-order valence-corrected chi connectivity index (χ1v) is 3.40. The van der Waals surface area contributed by atoms with E-state index in [9.17, 15) is 4.39 Å². The topological polar surface area (TPSA) is 12.9 Å². The maximum Gasteiger partial charge on any atom is 0.118 e. The molecule has 9 heavy (non-hydrogen) atoms. The molecule has 0 amide bonds. The first kappa shape index (κ1) is 6.42. The molecule has 1 heterocycles. The van der Waals surface area contributed by atoms with Gasteiger partial charge in [-0.2, -0.15) is 0 Å². The molecule has 1 aromatic rings. The van der Waals surface area contributed by atoms with E-state index in [2.05, 4.69) is 4.98 Å². The first-order valence-electron chi connectivity index (χ1n) is 2.52. The van der Waals surface area contributed by atoms with Crippen molar-refractivity contribution in [1.29, 1.82) is 0 Å². The van der Waals surface area contributed by atoms with Crippen LogP contribution in [0.1, 0.15) is 11.9 Å². The molecule has 0 aliphatic heterocycles. The molecule has 0 N–H and O–H groups in total. The van der Waals surface area contributed by atoms with Gasteiger partial charge in [0.2, 0.25) is 0 Å². The second-order valence-electron chi connectivity index (χ2n) is 1.60. The highest BCUT2D eigenvalue weighted by Gasteiger charge is 1.88. The molecule has 0 fully saturated rings. The Morgan fingerprint density at radius 1 is 1.89 bits per heavy atom. The van der Waals surface area contributed by atoms with Crippen LogP contribution in [-0.2, 0) is 0 Å². The highest BCUT2D eigenvalue weighted by atomic mass is 32.1. The van der Waals surface area contributed by atoms with Gasteiger partial charge >= 0.3 is 0 Å². The third-order valence-corrected chi connectivity index (χ3v) is 1.50. The van der Waals surface area contributed by atoms with Gasteiger partial charge in [0.15, 0.2) is 0 Å². The van der Waals surface area contributed by atoms with E-state index >= 15 is 0 Å². The van der Waals surface area contributed by atoms with Crippen molar-refractivity contribution in [3.05, 3.63) is 22.4 Å². The van der Waals surface area contributed by atoms with Crippen LogP contribution in [0.3, 0.4) is 0 Å². The van der Waals surface area contributed by atoms with Gasteiger partial charge in [0.05, 0.1) is 5.83 Å². The molecular formula is C6H6FNS. The predicted molar refractivity (Wildman–Crippen MR) is 36.9 cm³/mol. The lowest BCUT2D eigenvalue weighted by atomic mass is 10.5. The number of aromatic nitrogens is 1. The summed E-state index contributed by atoms with van der Waals surface area (Å²) in [5.41, 5.74) is 0. The van der Waals surface area contributed by atoms with E-state index in [1.54, 1.807) is 6.20 Å². The number of allylic oxidation sites excluding steroid dienone is 1. The smallest absolute Gasteiger partial charge is 0.118 e. The normalized spacial score (nSPS) is 12.0. The molecule has 0 spiro atoms. The monoisotopic (exact) mass is 143 g/mol. The number of hydrogen-bond donors (Lipinski definition) is 0. The Balaban J connectivity index is 2.80. The quantitative estimate of drug-likeness (QED) is 0.588. The number of nitrogens with zero attached hydrogens (tertiary/aromatic N) is 1. The molecule has 0 unspecified atom stereocenters. The molecule has 3 heteroatoms. The predicted octanol–water partition coefficient (Wildman–Crippen LogP) is 2.47. The van der Waals surface area contributed by atoms with Gasteiger partial charge in [-0.25, -0.2) is 9.37 Å². The summed E-state index contributed by atoms with van der Waals surface area (Å²) in [5, 5.41) is 2.53. The van der Waals surface area contributed by atoms with Crippen LogP contribution >= 0.6 is 11.3 Å². The van der Waals surface area contributed by atoms with Crippen LogP contribution in [-0.4, -0.2) is 4.98 Å². The largest absolute Gasteiger partial charge is 0.245 e. The third kappa shape index (κ3) is 1.93. The highest BCUT2D eigenvalue weighted by Crippen LogP contribution is 2.09. The summed E-state index contributed by atoms with van der Waals surface area (Å²) < 4.78 is 12.1. The molecule has 0 aliphatic carbocycles. The van der Waals surface area contributed by atoms with Gasteiger partial charge in [0.1, 0.15) is 5.01 Å². The van der Waals surface area contributed by atoms with E-state index in [-0.39, 0.29) is 5.83 Å². The van der Waals surface area contributed by atoms with Crippen molar-refractivity contribution in [2.75, 3.05) is 0 Å². The summed E-state index contributed by atoms with van der Waals surface area (Å²) in [6.45, 7) is 1.40. The van der Waals surface area contributed by atoms with E-state index < -0.39 is 0 Å². The van der Waals surface area contributed by atoms with Crippen molar-refractivity contribution in [3.8, 4) is 0 Å². The minimum Gasteiger partial charge on any atom is -0.245 e. The molecular weight excluding hydrogens is 137 g/mol. The van der Waals surface area contributed by atoms with Crippen LogP contribution in [0.4, 0.5) is 4.39 Å². The van der Waals surface area contributed by atoms with E-state index in [4.69, 9.17) is 0 Å². The van der Waals surface area contributed by atoms with E-state index in [1.165, 1.54) is 24.3 Å². The summed E-state index contributed by atoms with van der Waals surface area (Å²) in [6, 6.07) is 0. The van der Waals surface area contributed by atoms with Crippen LogP contribution in [0.2, 0.25) is 0 Å². The Hall–Kier alpha value is -0.700. The van der Waals surface area contributed by atoms with Crippen LogP contribution in [0.15, 0.2) is 17.4 Å². The molecule has 0 saturated carbocycles. The third-order valence-electron chi connectivity index (χ3n) is 0.774. The van der Waals surface area contributed by atoms with Crippen molar-refractivity contribution in [2.45, 2.75) is 6.92 Å². The Labute approximate surface area is 56.9 Å². The summed E-state index contributed by atoms with van der Waals surface area (Å²) in [6.07, 6.45) is 3.06. The molecule has 0 radical (unpaired) electrons. The molecule has 1 nitrogen and oxygen atoms in total. The summed E-state index contributed by atoms with van der Waals surface area (Å²) in [5.74, 6) is -0.204. The van der Waals surface area contributed by atoms with Crippen LogP contribution < -0.4 is 0 Å². The van der Waals surface area contributed by atoms with Gasteiger partial charge in [-0.1, -0.05) is 0 Å². The van der Waals surface area contributed by atoms with Crippen LogP contribution in [0.5, 0.6) is 0 Å². The molecule has 0 bridgehead atoms. The second kappa shape index (κ2) is 2.73. The standard InChI is InChI=1S/C6H6FNS/c1-5(7)4-6-8-2-3-9-6/h2-4H,1H3/b5-4-. The summed E-state index contributed by atoms with van der Waals surface area (Å²) in [7, 11) is 0. The fourth-order valence-electron chi connectivity index (χ4n) is 0.476. The maximum atomic E-state index is 12.1. The lowest BCUT2D eigenvalue weighted by molar-refractivity contribution is 0.648.